The van der Waals surface area contributed by atoms with Crippen LogP contribution in [0.1, 0.15) is 37.2 Å². The molecule has 1 N–H and O–H groups in total. The highest BCUT2D eigenvalue weighted by atomic mass is 16.1. The van der Waals surface area contributed by atoms with Gasteiger partial charge in [-0.05, 0) is 47.4 Å². The molecule has 0 bridgehead atoms. The maximum absolute atomic E-state index is 12.9. The Balaban J connectivity index is 1.66. The van der Waals surface area contributed by atoms with E-state index in [1.807, 2.05) is 41.2 Å². The Morgan fingerprint density at radius 3 is 2.33 bits per heavy atom. The fourth-order valence-corrected chi connectivity index (χ4v) is 4.03. The summed E-state index contributed by atoms with van der Waals surface area (Å²) >= 11 is 0. The molecule has 0 saturated heterocycles. The molecule has 7 heteroatoms. The fourth-order valence-electron chi connectivity index (χ4n) is 4.03. The standard InChI is InChI=1S/C23H26N6O/c1-4-8-21-16(3)28(5-2)23(30)29(21)15-17-11-13-18(14-12-17)19-9-6-7-10-20(19)22-24-26-27-25-22/h6-7,9-14H,4-5,8,15H2,1-3H3,(H,24,25,26,27). The summed E-state index contributed by atoms with van der Waals surface area (Å²) in [6.07, 6.45) is 1.92. The maximum Gasteiger partial charge on any atom is 0.328 e. The van der Waals surface area contributed by atoms with Crippen LogP contribution in [0.2, 0.25) is 0 Å². The van der Waals surface area contributed by atoms with E-state index in [1.165, 1.54) is 0 Å². The van der Waals surface area contributed by atoms with Crippen LogP contribution < -0.4 is 5.69 Å². The highest BCUT2D eigenvalue weighted by Crippen LogP contribution is 2.29. The number of aromatic amines is 1. The third kappa shape index (κ3) is 3.58. The molecule has 0 aliphatic heterocycles. The molecule has 2 heterocycles. The molecule has 0 aliphatic rings. The van der Waals surface area contributed by atoms with Gasteiger partial charge >= 0.3 is 5.69 Å². The lowest BCUT2D eigenvalue weighted by Crippen LogP contribution is -2.25. The molecule has 4 rings (SSSR count). The van der Waals surface area contributed by atoms with Gasteiger partial charge in [0, 0.05) is 23.5 Å². The van der Waals surface area contributed by atoms with Crippen LogP contribution >= 0.6 is 0 Å². The van der Waals surface area contributed by atoms with E-state index in [4.69, 9.17) is 0 Å². The van der Waals surface area contributed by atoms with Crippen molar-refractivity contribution in [3.05, 3.63) is 76.0 Å². The molecule has 0 radical (unpaired) electrons. The van der Waals surface area contributed by atoms with Crippen LogP contribution in [0.15, 0.2) is 53.3 Å². The van der Waals surface area contributed by atoms with E-state index in [2.05, 4.69) is 57.9 Å². The van der Waals surface area contributed by atoms with E-state index in [9.17, 15) is 4.79 Å². The van der Waals surface area contributed by atoms with Gasteiger partial charge in [0.1, 0.15) is 0 Å². The molecule has 0 saturated carbocycles. The zero-order chi connectivity index (χ0) is 21.1. The first-order chi connectivity index (χ1) is 14.6. The number of nitrogens with one attached hydrogen (secondary N) is 1. The molecule has 0 aliphatic carbocycles. The summed E-state index contributed by atoms with van der Waals surface area (Å²) in [6, 6.07) is 16.4. The summed E-state index contributed by atoms with van der Waals surface area (Å²) in [5, 5.41) is 14.3. The Morgan fingerprint density at radius 1 is 0.967 bits per heavy atom. The predicted molar refractivity (Wildman–Crippen MR) is 117 cm³/mol. The van der Waals surface area contributed by atoms with Crippen LogP contribution in [0.25, 0.3) is 22.5 Å². The molecule has 2 aromatic carbocycles. The van der Waals surface area contributed by atoms with Crippen LogP contribution in [0.4, 0.5) is 0 Å². The van der Waals surface area contributed by atoms with E-state index < -0.39 is 0 Å². The molecular formula is C23H26N6O. The van der Waals surface area contributed by atoms with Gasteiger partial charge in [0.2, 0.25) is 0 Å². The largest absolute Gasteiger partial charge is 0.328 e. The number of benzene rings is 2. The smallest absolute Gasteiger partial charge is 0.297 e. The normalized spacial score (nSPS) is 11.2. The molecule has 2 aromatic heterocycles. The Morgan fingerprint density at radius 2 is 1.70 bits per heavy atom. The molecule has 0 unspecified atom stereocenters. The van der Waals surface area contributed by atoms with Crippen molar-refractivity contribution >= 4 is 0 Å². The van der Waals surface area contributed by atoms with Crippen molar-refractivity contribution in [1.82, 2.24) is 29.8 Å². The van der Waals surface area contributed by atoms with Gasteiger partial charge in [-0.25, -0.2) is 9.89 Å². The van der Waals surface area contributed by atoms with Crippen molar-refractivity contribution in [2.75, 3.05) is 0 Å². The first kappa shape index (κ1) is 19.8. The van der Waals surface area contributed by atoms with Crippen molar-refractivity contribution in [3.8, 4) is 22.5 Å². The highest BCUT2D eigenvalue weighted by molar-refractivity contribution is 5.80. The van der Waals surface area contributed by atoms with Gasteiger partial charge < -0.3 is 0 Å². The second kappa shape index (κ2) is 8.49. The molecule has 4 aromatic rings. The van der Waals surface area contributed by atoms with Crippen LogP contribution in [-0.2, 0) is 19.5 Å². The summed E-state index contributed by atoms with van der Waals surface area (Å²) in [5.74, 6) is 0.641. The van der Waals surface area contributed by atoms with E-state index in [-0.39, 0.29) is 5.69 Å². The minimum Gasteiger partial charge on any atom is -0.297 e. The average Bonchev–Trinajstić information content (AvgIpc) is 3.38. The first-order valence-corrected chi connectivity index (χ1v) is 10.3. The zero-order valence-corrected chi connectivity index (χ0v) is 17.6. The average molecular weight is 403 g/mol. The maximum atomic E-state index is 12.9. The van der Waals surface area contributed by atoms with E-state index in [0.29, 0.717) is 18.9 Å². The minimum absolute atomic E-state index is 0.0747. The molecule has 0 spiro atoms. The lowest BCUT2D eigenvalue weighted by molar-refractivity contribution is 0.650. The first-order valence-electron chi connectivity index (χ1n) is 10.3. The van der Waals surface area contributed by atoms with Crippen molar-refractivity contribution in [1.29, 1.82) is 0 Å². The third-order valence-corrected chi connectivity index (χ3v) is 5.55. The molecule has 7 nitrogen and oxygen atoms in total. The lowest BCUT2D eigenvalue weighted by atomic mass is 9.98. The van der Waals surface area contributed by atoms with Gasteiger partial charge in [-0.15, -0.1) is 5.10 Å². The van der Waals surface area contributed by atoms with E-state index in [1.54, 1.807) is 0 Å². The Bertz CT molecular complexity index is 1190. The molecule has 30 heavy (non-hydrogen) atoms. The fraction of sp³-hybridized carbons (Fsp3) is 0.304. The molecule has 0 fully saturated rings. The zero-order valence-electron chi connectivity index (χ0n) is 17.6. The second-order valence-electron chi connectivity index (χ2n) is 7.39. The number of nitrogens with zero attached hydrogens (tertiary/aromatic N) is 5. The van der Waals surface area contributed by atoms with Crippen LogP contribution in [0, 0.1) is 6.92 Å². The van der Waals surface area contributed by atoms with Gasteiger partial charge in [0.05, 0.1) is 6.54 Å². The lowest BCUT2D eigenvalue weighted by Gasteiger charge is -2.10. The SMILES string of the molecule is CCCc1c(C)n(CC)c(=O)n1Cc1ccc(-c2ccccc2-c2nnn[nH]2)cc1. The van der Waals surface area contributed by atoms with Crippen molar-refractivity contribution in [2.24, 2.45) is 0 Å². The van der Waals surface area contributed by atoms with E-state index in [0.717, 1.165) is 46.5 Å². The Labute approximate surface area is 175 Å². The van der Waals surface area contributed by atoms with Crippen LogP contribution in [0.3, 0.4) is 0 Å². The molecule has 154 valence electrons. The van der Waals surface area contributed by atoms with Gasteiger partial charge in [-0.2, -0.15) is 0 Å². The van der Waals surface area contributed by atoms with Crippen LogP contribution in [-0.4, -0.2) is 29.8 Å². The monoisotopic (exact) mass is 402 g/mol. The molecular weight excluding hydrogens is 376 g/mol. The second-order valence-corrected chi connectivity index (χ2v) is 7.39. The van der Waals surface area contributed by atoms with Crippen molar-refractivity contribution in [3.63, 3.8) is 0 Å². The number of H-pyrrole nitrogens is 1. The minimum atomic E-state index is 0.0747. The number of rotatable bonds is 7. The Hall–Kier alpha value is -3.48. The Kier molecular flexibility index (Phi) is 5.61. The number of hydrogen-bond donors (Lipinski definition) is 1. The van der Waals surface area contributed by atoms with E-state index >= 15 is 0 Å². The molecule has 0 atom stereocenters. The predicted octanol–water partition coefficient (Wildman–Crippen LogP) is 3.83. The van der Waals surface area contributed by atoms with Gasteiger partial charge in [-0.1, -0.05) is 61.9 Å². The number of hydrogen-bond acceptors (Lipinski definition) is 4. The van der Waals surface area contributed by atoms with Crippen LogP contribution in [0.5, 0.6) is 0 Å². The molecule has 0 amide bonds. The van der Waals surface area contributed by atoms with Gasteiger partial charge in [0.25, 0.3) is 0 Å². The summed E-state index contributed by atoms with van der Waals surface area (Å²) in [5.41, 5.74) is 6.48. The highest BCUT2D eigenvalue weighted by Gasteiger charge is 2.16. The summed E-state index contributed by atoms with van der Waals surface area (Å²) < 4.78 is 3.78. The summed E-state index contributed by atoms with van der Waals surface area (Å²) in [7, 11) is 0. The number of imidazole rings is 1. The topological polar surface area (TPSA) is 81.4 Å². The summed E-state index contributed by atoms with van der Waals surface area (Å²) in [6.45, 7) is 7.49. The van der Waals surface area contributed by atoms with Gasteiger partial charge in [-0.3, -0.25) is 9.13 Å². The summed E-state index contributed by atoms with van der Waals surface area (Å²) in [4.78, 5) is 12.9. The number of tetrazole rings is 1. The number of aromatic nitrogens is 6. The third-order valence-electron chi connectivity index (χ3n) is 5.55. The quantitative estimate of drug-likeness (QED) is 0.509. The van der Waals surface area contributed by atoms with Crippen molar-refractivity contribution in [2.45, 2.75) is 46.7 Å². The van der Waals surface area contributed by atoms with Gasteiger partial charge in [0.15, 0.2) is 5.82 Å². The van der Waals surface area contributed by atoms with Crippen molar-refractivity contribution < 1.29 is 0 Å².